The topological polar surface area (TPSA) is 116 Å². The quantitative estimate of drug-likeness (QED) is 0.297. The van der Waals surface area contributed by atoms with Gasteiger partial charge in [0.2, 0.25) is 0 Å². The molecular formula is C25H26N6O4. The van der Waals surface area contributed by atoms with E-state index in [4.69, 9.17) is 14.2 Å². The summed E-state index contributed by atoms with van der Waals surface area (Å²) in [6.07, 6.45) is 1.47. The molecule has 0 bridgehead atoms. The zero-order valence-corrected chi connectivity index (χ0v) is 20.1. The maximum Gasteiger partial charge on any atom is 0.289 e. The van der Waals surface area contributed by atoms with Gasteiger partial charge in [-0.05, 0) is 38.1 Å². The summed E-state index contributed by atoms with van der Waals surface area (Å²) in [6.45, 7) is 3.88. The number of carbonyl (C=O) groups is 1. The van der Waals surface area contributed by atoms with E-state index in [9.17, 15) is 4.79 Å². The van der Waals surface area contributed by atoms with Gasteiger partial charge in [0.05, 0.1) is 50.3 Å². The van der Waals surface area contributed by atoms with Crippen LogP contribution in [0.4, 0.5) is 0 Å². The molecule has 0 fully saturated rings. The minimum atomic E-state index is -0.440. The van der Waals surface area contributed by atoms with E-state index < -0.39 is 5.91 Å². The molecule has 10 nitrogen and oxygen atoms in total. The first-order chi connectivity index (χ1) is 17.0. The molecular weight excluding hydrogens is 448 g/mol. The number of hydrogen-bond donors (Lipinski definition) is 2. The van der Waals surface area contributed by atoms with Crippen LogP contribution in [0.25, 0.3) is 16.9 Å². The minimum Gasteiger partial charge on any atom is -0.496 e. The predicted octanol–water partition coefficient (Wildman–Crippen LogP) is 3.67. The SMILES string of the molecule is COc1cc(OC)c(OC)cc1/C=N\NC(=O)c1cc(-c2c(C)nn(-c3ccccc3)c2C)n[nH]1. The third-order valence-electron chi connectivity index (χ3n) is 5.48. The summed E-state index contributed by atoms with van der Waals surface area (Å²) in [4.78, 5) is 12.7. The summed E-state index contributed by atoms with van der Waals surface area (Å²) in [5.74, 6) is 1.12. The number of aryl methyl sites for hydroxylation is 1. The molecule has 0 saturated heterocycles. The monoisotopic (exact) mass is 474 g/mol. The van der Waals surface area contributed by atoms with Crippen LogP contribution in [-0.2, 0) is 0 Å². The van der Waals surface area contributed by atoms with Crippen LogP contribution in [0.15, 0.2) is 53.6 Å². The molecule has 0 saturated carbocycles. The van der Waals surface area contributed by atoms with Gasteiger partial charge in [0, 0.05) is 17.2 Å². The van der Waals surface area contributed by atoms with Crippen molar-refractivity contribution in [2.75, 3.05) is 21.3 Å². The molecule has 2 N–H and O–H groups in total. The normalized spacial score (nSPS) is 11.0. The Morgan fingerprint density at radius 1 is 1.00 bits per heavy atom. The van der Waals surface area contributed by atoms with Crippen LogP contribution >= 0.6 is 0 Å². The van der Waals surface area contributed by atoms with Crippen molar-refractivity contribution in [2.24, 2.45) is 5.10 Å². The number of ether oxygens (including phenoxy) is 3. The number of hydrogen-bond acceptors (Lipinski definition) is 7. The van der Waals surface area contributed by atoms with Crippen molar-refractivity contribution in [2.45, 2.75) is 13.8 Å². The number of H-pyrrole nitrogens is 1. The Bertz CT molecular complexity index is 1370. The van der Waals surface area contributed by atoms with Gasteiger partial charge in [0.1, 0.15) is 11.4 Å². The van der Waals surface area contributed by atoms with Gasteiger partial charge in [0.25, 0.3) is 5.91 Å². The van der Waals surface area contributed by atoms with Gasteiger partial charge < -0.3 is 14.2 Å². The van der Waals surface area contributed by atoms with Crippen molar-refractivity contribution in [1.82, 2.24) is 25.4 Å². The van der Waals surface area contributed by atoms with E-state index in [2.05, 4.69) is 25.8 Å². The Labute approximate surface area is 202 Å². The third kappa shape index (κ3) is 4.72. The van der Waals surface area contributed by atoms with Gasteiger partial charge in [0.15, 0.2) is 11.5 Å². The molecule has 2 heterocycles. The molecule has 1 amide bonds. The number of amides is 1. The fourth-order valence-electron chi connectivity index (χ4n) is 3.77. The molecule has 2 aromatic heterocycles. The van der Waals surface area contributed by atoms with Crippen LogP contribution in [0.5, 0.6) is 17.2 Å². The molecule has 0 atom stereocenters. The van der Waals surface area contributed by atoms with Crippen molar-refractivity contribution in [1.29, 1.82) is 0 Å². The Morgan fingerprint density at radius 3 is 2.37 bits per heavy atom. The summed E-state index contributed by atoms with van der Waals surface area (Å²) in [5, 5.41) is 15.8. The second kappa shape index (κ2) is 10.1. The molecule has 10 heteroatoms. The number of hydrazone groups is 1. The second-order valence-corrected chi connectivity index (χ2v) is 7.61. The minimum absolute atomic E-state index is 0.266. The number of para-hydroxylation sites is 1. The van der Waals surface area contributed by atoms with Crippen molar-refractivity contribution < 1.29 is 19.0 Å². The van der Waals surface area contributed by atoms with Crippen molar-refractivity contribution in [3.63, 3.8) is 0 Å². The molecule has 35 heavy (non-hydrogen) atoms. The molecule has 0 radical (unpaired) electrons. The van der Waals surface area contributed by atoms with E-state index in [1.54, 1.807) is 25.3 Å². The van der Waals surface area contributed by atoms with Gasteiger partial charge in [-0.1, -0.05) is 18.2 Å². The standard InChI is InChI=1S/C25H26N6O4/c1-15-24(16(2)31(30-15)18-9-7-6-8-10-18)19-12-20(28-27-19)25(32)29-26-14-17-11-22(34-4)23(35-5)13-21(17)33-3/h6-14H,1-5H3,(H,27,28)(H,29,32)/b26-14-. The van der Waals surface area contributed by atoms with E-state index in [0.29, 0.717) is 28.5 Å². The highest BCUT2D eigenvalue weighted by Crippen LogP contribution is 2.33. The summed E-state index contributed by atoms with van der Waals surface area (Å²) in [7, 11) is 4.61. The van der Waals surface area contributed by atoms with Crippen molar-refractivity contribution in [3.05, 3.63) is 71.2 Å². The first-order valence-corrected chi connectivity index (χ1v) is 10.8. The average Bonchev–Trinajstić information content (AvgIpc) is 3.48. The molecule has 2 aromatic carbocycles. The Hall–Kier alpha value is -4.60. The number of rotatable bonds is 8. The number of carbonyl (C=O) groups excluding carboxylic acids is 1. The Balaban J connectivity index is 1.52. The highest BCUT2D eigenvalue weighted by atomic mass is 16.5. The number of methoxy groups -OCH3 is 3. The lowest BCUT2D eigenvalue weighted by atomic mass is 10.1. The molecule has 0 spiro atoms. The fraction of sp³-hybridized carbons (Fsp3) is 0.200. The summed E-state index contributed by atoms with van der Waals surface area (Å²) >= 11 is 0. The molecule has 180 valence electrons. The van der Waals surface area contributed by atoms with Crippen LogP contribution in [0.2, 0.25) is 0 Å². The number of aromatic nitrogens is 4. The van der Waals surface area contributed by atoms with Crippen LogP contribution in [-0.4, -0.2) is 53.4 Å². The first kappa shape index (κ1) is 23.6. The molecule has 0 unspecified atom stereocenters. The van der Waals surface area contributed by atoms with Crippen molar-refractivity contribution in [3.8, 4) is 34.2 Å². The van der Waals surface area contributed by atoms with Gasteiger partial charge >= 0.3 is 0 Å². The zero-order valence-electron chi connectivity index (χ0n) is 20.1. The maximum atomic E-state index is 12.7. The predicted molar refractivity (Wildman–Crippen MR) is 132 cm³/mol. The molecule has 0 aliphatic carbocycles. The average molecular weight is 475 g/mol. The summed E-state index contributed by atoms with van der Waals surface area (Å²) in [5.41, 5.74) is 7.54. The van der Waals surface area contributed by atoms with Crippen LogP contribution in [0.1, 0.15) is 27.4 Å². The van der Waals surface area contributed by atoms with Crippen molar-refractivity contribution >= 4 is 12.1 Å². The molecule has 0 aliphatic heterocycles. The lowest BCUT2D eigenvalue weighted by Gasteiger charge is -2.11. The van der Waals surface area contributed by atoms with E-state index in [0.717, 1.165) is 22.6 Å². The first-order valence-electron chi connectivity index (χ1n) is 10.8. The number of benzene rings is 2. The summed E-state index contributed by atoms with van der Waals surface area (Å²) < 4.78 is 17.8. The smallest absolute Gasteiger partial charge is 0.289 e. The van der Waals surface area contributed by atoms with Gasteiger partial charge in [-0.2, -0.15) is 15.3 Å². The van der Waals surface area contributed by atoms with E-state index in [1.165, 1.54) is 20.4 Å². The van der Waals surface area contributed by atoms with E-state index in [-0.39, 0.29) is 5.69 Å². The molecule has 0 aliphatic rings. The van der Waals surface area contributed by atoms with Crippen LogP contribution in [0.3, 0.4) is 0 Å². The number of nitrogens with one attached hydrogen (secondary N) is 2. The largest absolute Gasteiger partial charge is 0.496 e. The van der Waals surface area contributed by atoms with E-state index in [1.807, 2.05) is 48.9 Å². The highest BCUT2D eigenvalue weighted by molar-refractivity contribution is 5.94. The lowest BCUT2D eigenvalue weighted by molar-refractivity contribution is 0.0950. The number of aromatic amines is 1. The molecule has 4 aromatic rings. The van der Waals surface area contributed by atoms with E-state index >= 15 is 0 Å². The lowest BCUT2D eigenvalue weighted by Crippen LogP contribution is -2.18. The zero-order chi connectivity index (χ0) is 24.9. The van der Waals surface area contributed by atoms with Gasteiger partial charge in [-0.15, -0.1) is 0 Å². The fourth-order valence-corrected chi connectivity index (χ4v) is 3.77. The summed E-state index contributed by atoms with van der Waals surface area (Å²) in [6, 6.07) is 14.9. The highest BCUT2D eigenvalue weighted by Gasteiger charge is 2.19. The molecule has 4 rings (SSSR count). The Morgan fingerprint density at radius 2 is 1.69 bits per heavy atom. The third-order valence-corrected chi connectivity index (χ3v) is 5.48. The number of nitrogens with zero attached hydrogens (tertiary/aromatic N) is 4. The van der Waals surface area contributed by atoms with Gasteiger partial charge in [-0.3, -0.25) is 9.89 Å². The Kier molecular flexibility index (Phi) is 6.81. The maximum absolute atomic E-state index is 12.7. The van der Waals surface area contributed by atoms with Crippen LogP contribution in [0, 0.1) is 13.8 Å². The van der Waals surface area contributed by atoms with Crippen LogP contribution < -0.4 is 19.6 Å². The van der Waals surface area contributed by atoms with Gasteiger partial charge in [-0.25, -0.2) is 10.1 Å². The second-order valence-electron chi connectivity index (χ2n) is 7.61.